The molecule has 0 bridgehead atoms. The van der Waals surface area contributed by atoms with E-state index in [2.05, 4.69) is 4.98 Å². The Hall–Kier alpha value is -2.30. The van der Waals surface area contributed by atoms with Crippen LogP contribution in [0, 0.1) is 18.6 Å². The van der Waals surface area contributed by atoms with Crippen molar-refractivity contribution in [3.8, 4) is 0 Å². The summed E-state index contributed by atoms with van der Waals surface area (Å²) < 4.78 is 26.9. The minimum absolute atomic E-state index is 0.257. The van der Waals surface area contributed by atoms with Crippen LogP contribution < -0.4 is 0 Å². The van der Waals surface area contributed by atoms with Crippen LogP contribution >= 0.6 is 0 Å². The Bertz CT molecular complexity index is 658. The fraction of sp³-hybridized carbons (Fsp3) is 0.250. The molecule has 1 heterocycles. The van der Waals surface area contributed by atoms with Gasteiger partial charge in [-0.2, -0.15) is 0 Å². The molecule has 0 saturated carbocycles. The third-order valence-electron chi connectivity index (χ3n) is 3.15. The van der Waals surface area contributed by atoms with Gasteiger partial charge in [0.15, 0.2) is 11.6 Å². The number of amides is 1. The topological polar surface area (TPSA) is 33.2 Å². The highest BCUT2D eigenvalue weighted by Gasteiger charge is 2.20. The average molecular weight is 290 g/mol. The Kier molecular flexibility index (Phi) is 4.62. The van der Waals surface area contributed by atoms with Gasteiger partial charge in [-0.3, -0.25) is 9.78 Å². The molecule has 0 aliphatic rings. The van der Waals surface area contributed by atoms with E-state index in [1.165, 1.54) is 17.0 Å². The molecule has 2 aromatic rings. The van der Waals surface area contributed by atoms with Gasteiger partial charge in [-0.05, 0) is 38.1 Å². The van der Waals surface area contributed by atoms with Gasteiger partial charge < -0.3 is 4.90 Å². The summed E-state index contributed by atoms with van der Waals surface area (Å²) in [6.07, 6.45) is 0. The van der Waals surface area contributed by atoms with E-state index in [1.54, 1.807) is 13.0 Å². The van der Waals surface area contributed by atoms with Crippen LogP contribution in [0.2, 0.25) is 0 Å². The zero-order valence-electron chi connectivity index (χ0n) is 11.9. The highest BCUT2D eigenvalue weighted by atomic mass is 19.2. The molecular formula is C16H16F2N2O. The summed E-state index contributed by atoms with van der Waals surface area (Å²) in [6, 6.07) is 9.10. The van der Waals surface area contributed by atoms with Crippen LogP contribution in [0.25, 0.3) is 0 Å². The van der Waals surface area contributed by atoms with Crippen LogP contribution in [0.5, 0.6) is 0 Å². The first-order chi connectivity index (χ1) is 10.0. The summed E-state index contributed by atoms with van der Waals surface area (Å²) >= 11 is 0. The highest BCUT2D eigenvalue weighted by molar-refractivity contribution is 5.94. The second-order valence-electron chi connectivity index (χ2n) is 4.69. The van der Waals surface area contributed by atoms with Crippen molar-refractivity contribution in [2.24, 2.45) is 0 Å². The maximum Gasteiger partial charge on any atom is 0.257 e. The van der Waals surface area contributed by atoms with E-state index in [-0.39, 0.29) is 12.1 Å². The summed E-state index contributed by atoms with van der Waals surface area (Å²) in [6.45, 7) is 4.27. The first-order valence-corrected chi connectivity index (χ1v) is 6.68. The summed E-state index contributed by atoms with van der Waals surface area (Å²) in [5.74, 6) is -2.68. The van der Waals surface area contributed by atoms with E-state index in [9.17, 15) is 13.6 Å². The van der Waals surface area contributed by atoms with Crippen LogP contribution in [0.15, 0.2) is 36.4 Å². The number of hydrogen-bond acceptors (Lipinski definition) is 2. The third kappa shape index (κ3) is 3.42. The predicted octanol–water partition coefficient (Wildman–Crippen LogP) is 3.33. The van der Waals surface area contributed by atoms with Gasteiger partial charge in [0.1, 0.15) is 0 Å². The van der Waals surface area contributed by atoms with Crippen molar-refractivity contribution in [2.45, 2.75) is 20.4 Å². The van der Waals surface area contributed by atoms with Crippen LogP contribution in [0.3, 0.4) is 0 Å². The molecule has 5 heteroatoms. The van der Waals surface area contributed by atoms with E-state index in [1.807, 2.05) is 19.1 Å². The quantitative estimate of drug-likeness (QED) is 0.865. The second kappa shape index (κ2) is 6.43. The Labute approximate surface area is 122 Å². The van der Waals surface area contributed by atoms with Gasteiger partial charge in [0.2, 0.25) is 0 Å². The second-order valence-corrected chi connectivity index (χ2v) is 4.69. The minimum Gasteiger partial charge on any atom is -0.333 e. The van der Waals surface area contributed by atoms with Crippen molar-refractivity contribution < 1.29 is 13.6 Å². The normalized spacial score (nSPS) is 10.5. The summed E-state index contributed by atoms with van der Waals surface area (Å²) in [5, 5.41) is 0. The maximum absolute atomic E-state index is 13.7. The Balaban J connectivity index is 2.25. The van der Waals surface area contributed by atoms with Gasteiger partial charge in [-0.15, -0.1) is 0 Å². The van der Waals surface area contributed by atoms with Crippen LogP contribution in [-0.2, 0) is 6.54 Å². The van der Waals surface area contributed by atoms with E-state index < -0.39 is 17.5 Å². The van der Waals surface area contributed by atoms with E-state index >= 15 is 0 Å². The highest BCUT2D eigenvalue weighted by Crippen LogP contribution is 2.15. The molecule has 1 aromatic carbocycles. The minimum atomic E-state index is -1.11. The molecule has 0 unspecified atom stereocenters. The SMILES string of the molecule is CCN(Cc1cccc(C)n1)C(=O)c1cccc(F)c1F. The molecule has 0 N–H and O–H groups in total. The van der Waals surface area contributed by atoms with E-state index in [0.717, 1.165) is 11.8 Å². The van der Waals surface area contributed by atoms with Crippen molar-refractivity contribution in [2.75, 3.05) is 6.54 Å². The van der Waals surface area contributed by atoms with E-state index in [0.29, 0.717) is 12.2 Å². The molecule has 0 radical (unpaired) electrons. The van der Waals surface area contributed by atoms with Gasteiger partial charge in [0, 0.05) is 12.2 Å². The van der Waals surface area contributed by atoms with Crippen molar-refractivity contribution in [1.29, 1.82) is 0 Å². The number of benzene rings is 1. The average Bonchev–Trinajstić information content (AvgIpc) is 2.47. The lowest BCUT2D eigenvalue weighted by molar-refractivity contribution is 0.0744. The molecule has 0 aliphatic heterocycles. The van der Waals surface area contributed by atoms with E-state index in [4.69, 9.17) is 0 Å². The molecule has 3 nitrogen and oxygen atoms in total. The van der Waals surface area contributed by atoms with Crippen molar-refractivity contribution in [3.05, 3.63) is 65.0 Å². The van der Waals surface area contributed by atoms with Crippen LogP contribution in [-0.4, -0.2) is 22.3 Å². The molecule has 110 valence electrons. The number of hydrogen-bond donors (Lipinski definition) is 0. The van der Waals surface area contributed by atoms with Crippen LogP contribution in [0.1, 0.15) is 28.7 Å². The lowest BCUT2D eigenvalue weighted by Crippen LogP contribution is -2.31. The van der Waals surface area contributed by atoms with Gasteiger partial charge in [-0.25, -0.2) is 8.78 Å². The molecule has 1 amide bonds. The lowest BCUT2D eigenvalue weighted by Gasteiger charge is -2.21. The fourth-order valence-corrected chi connectivity index (χ4v) is 2.05. The number of carbonyl (C=O) groups is 1. The Morgan fingerprint density at radius 1 is 1.19 bits per heavy atom. The molecule has 0 aliphatic carbocycles. The maximum atomic E-state index is 13.7. The molecule has 21 heavy (non-hydrogen) atoms. The number of rotatable bonds is 4. The van der Waals surface area contributed by atoms with Crippen LogP contribution in [0.4, 0.5) is 8.78 Å². The number of aromatic nitrogens is 1. The van der Waals surface area contributed by atoms with Gasteiger partial charge >= 0.3 is 0 Å². The molecule has 0 fully saturated rings. The zero-order valence-corrected chi connectivity index (χ0v) is 11.9. The van der Waals surface area contributed by atoms with Crippen molar-refractivity contribution >= 4 is 5.91 Å². The zero-order chi connectivity index (χ0) is 15.4. The molecule has 1 aromatic heterocycles. The first-order valence-electron chi connectivity index (χ1n) is 6.68. The Morgan fingerprint density at radius 3 is 2.57 bits per heavy atom. The first kappa shape index (κ1) is 15.1. The summed E-state index contributed by atoms with van der Waals surface area (Å²) in [4.78, 5) is 18.1. The molecule has 0 saturated heterocycles. The van der Waals surface area contributed by atoms with Crippen molar-refractivity contribution in [3.63, 3.8) is 0 Å². The van der Waals surface area contributed by atoms with Gasteiger partial charge in [-0.1, -0.05) is 12.1 Å². The predicted molar refractivity (Wildman–Crippen MR) is 75.7 cm³/mol. The molecule has 2 rings (SSSR count). The number of pyridine rings is 1. The Morgan fingerprint density at radius 2 is 1.90 bits per heavy atom. The number of halogens is 2. The number of nitrogens with zero attached hydrogens (tertiary/aromatic N) is 2. The molecule has 0 spiro atoms. The summed E-state index contributed by atoms with van der Waals surface area (Å²) in [7, 11) is 0. The number of aryl methyl sites for hydroxylation is 1. The molecule has 0 atom stereocenters. The standard InChI is InChI=1S/C16H16F2N2O/c1-3-20(10-12-7-4-6-11(2)19-12)16(21)13-8-5-9-14(17)15(13)18/h4-9H,3,10H2,1-2H3. The largest absolute Gasteiger partial charge is 0.333 e. The molecular weight excluding hydrogens is 274 g/mol. The monoisotopic (exact) mass is 290 g/mol. The summed E-state index contributed by atoms with van der Waals surface area (Å²) in [5.41, 5.74) is 1.29. The van der Waals surface area contributed by atoms with Gasteiger partial charge in [0.25, 0.3) is 5.91 Å². The van der Waals surface area contributed by atoms with Crippen molar-refractivity contribution in [1.82, 2.24) is 9.88 Å². The fourth-order valence-electron chi connectivity index (χ4n) is 2.05. The lowest BCUT2D eigenvalue weighted by atomic mass is 10.1. The van der Waals surface area contributed by atoms with Gasteiger partial charge in [0.05, 0.1) is 17.8 Å². The number of carbonyl (C=O) groups excluding carboxylic acids is 1. The smallest absolute Gasteiger partial charge is 0.257 e. The third-order valence-corrected chi connectivity index (χ3v) is 3.15.